The molecule has 0 aliphatic rings. The van der Waals surface area contributed by atoms with E-state index in [0.29, 0.717) is 16.5 Å². The molecule has 1 N–H and O–H groups in total. The van der Waals surface area contributed by atoms with Crippen molar-refractivity contribution in [3.63, 3.8) is 0 Å². The Bertz CT molecular complexity index is 1010. The minimum absolute atomic E-state index is 0.166. The van der Waals surface area contributed by atoms with Gasteiger partial charge in [0.1, 0.15) is 5.76 Å². The molecule has 0 unspecified atom stereocenters. The first-order valence-corrected chi connectivity index (χ1v) is 9.46. The van der Waals surface area contributed by atoms with Crippen molar-refractivity contribution < 1.29 is 12.9 Å². The maximum atomic E-state index is 12.5. The molecule has 2 aromatic carbocycles. The number of hydrogen-bond acceptors (Lipinski definition) is 4. The van der Waals surface area contributed by atoms with Gasteiger partial charge < -0.3 is 4.52 Å². The van der Waals surface area contributed by atoms with Crippen LogP contribution in [0.4, 0.5) is 5.69 Å². The molecule has 0 fully saturated rings. The number of benzene rings is 2. The summed E-state index contributed by atoms with van der Waals surface area (Å²) in [5.41, 5.74) is 3.80. The molecule has 25 heavy (non-hydrogen) atoms. The fourth-order valence-corrected chi connectivity index (χ4v) is 3.80. The Morgan fingerprint density at radius 1 is 1.04 bits per heavy atom. The standard InChI is InChI=1S/C18H17ClN2O3S/c1-11-4-7-15(10-17(11)19)21-25(22,23)16-8-5-14(6-9-16)18-12(2)20-24-13(18)3/h4-10,21H,1-3H3. The Kier molecular flexibility index (Phi) is 4.58. The molecular formula is C18H17ClN2O3S. The van der Waals surface area contributed by atoms with Crippen molar-refractivity contribution >= 4 is 27.3 Å². The minimum atomic E-state index is -3.70. The molecule has 3 rings (SSSR count). The minimum Gasteiger partial charge on any atom is -0.361 e. The van der Waals surface area contributed by atoms with Crippen LogP contribution in [0, 0.1) is 20.8 Å². The van der Waals surface area contributed by atoms with Crippen molar-refractivity contribution in [1.29, 1.82) is 0 Å². The highest BCUT2D eigenvalue weighted by molar-refractivity contribution is 7.92. The summed E-state index contributed by atoms with van der Waals surface area (Å²) in [5, 5.41) is 4.43. The van der Waals surface area contributed by atoms with Crippen molar-refractivity contribution in [3.8, 4) is 11.1 Å². The molecule has 0 bridgehead atoms. The number of aryl methyl sites for hydroxylation is 3. The third-order valence-corrected chi connectivity index (χ3v) is 5.72. The van der Waals surface area contributed by atoms with E-state index in [2.05, 4.69) is 9.88 Å². The van der Waals surface area contributed by atoms with Crippen LogP contribution in [0.3, 0.4) is 0 Å². The molecular weight excluding hydrogens is 360 g/mol. The van der Waals surface area contributed by atoms with Gasteiger partial charge in [-0.3, -0.25) is 4.72 Å². The second-order valence-corrected chi connectivity index (χ2v) is 7.88. The maximum absolute atomic E-state index is 12.5. The number of anilines is 1. The highest BCUT2D eigenvalue weighted by atomic mass is 35.5. The first kappa shape index (κ1) is 17.5. The smallest absolute Gasteiger partial charge is 0.261 e. The molecule has 1 aromatic heterocycles. The van der Waals surface area contributed by atoms with Gasteiger partial charge in [0.15, 0.2) is 0 Å². The van der Waals surface area contributed by atoms with Crippen molar-refractivity contribution in [2.75, 3.05) is 4.72 Å². The van der Waals surface area contributed by atoms with Crippen LogP contribution >= 0.6 is 11.6 Å². The zero-order valence-corrected chi connectivity index (χ0v) is 15.6. The molecule has 7 heteroatoms. The van der Waals surface area contributed by atoms with Crippen molar-refractivity contribution in [1.82, 2.24) is 5.16 Å². The van der Waals surface area contributed by atoms with Gasteiger partial charge in [0, 0.05) is 10.6 Å². The number of nitrogens with one attached hydrogen (secondary N) is 1. The van der Waals surface area contributed by atoms with E-state index in [1.807, 2.05) is 20.8 Å². The lowest BCUT2D eigenvalue weighted by Gasteiger charge is -2.10. The summed E-state index contributed by atoms with van der Waals surface area (Å²) in [6, 6.07) is 11.6. The number of hydrogen-bond donors (Lipinski definition) is 1. The summed E-state index contributed by atoms with van der Waals surface area (Å²) in [4.78, 5) is 0.166. The zero-order chi connectivity index (χ0) is 18.2. The van der Waals surface area contributed by atoms with E-state index in [4.69, 9.17) is 16.1 Å². The van der Waals surface area contributed by atoms with Crippen LogP contribution in [0.15, 0.2) is 51.9 Å². The van der Waals surface area contributed by atoms with Gasteiger partial charge in [0.2, 0.25) is 0 Å². The normalized spacial score (nSPS) is 11.5. The van der Waals surface area contributed by atoms with Crippen molar-refractivity contribution in [2.24, 2.45) is 0 Å². The van der Waals surface area contributed by atoms with E-state index in [0.717, 1.165) is 22.4 Å². The molecule has 0 spiro atoms. The largest absolute Gasteiger partial charge is 0.361 e. The number of rotatable bonds is 4. The summed E-state index contributed by atoms with van der Waals surface area (Å²) in [6.07, 6.45) is 0. The van der Waals surface area contributed by atoms with Crippen LogP contribution in [-0.2, 0) is 10.0 Å². The highest BCUT2D eigenvalue weighted by Gasteiger charge is 2.16. The van der Waals surface area contributed by atoms with E-state index >= 15 is 0 Å². The summed E-state index contributed by atoms with van der Waals surface area (Å²) in [6.45, 7) is 5.52. The lowest BCUT2D eigenvalue weighted by molar-refractivity contribution is 0.393. The maximum Gasteiger partial charge on any atom is 0.261 e. The Hall–Kier alpha value is -2.31. The Labute approximate surface area is 151 Å². The molecule has 0 aliphatic heterocycles. The molecule has 130 valence electrons. The monoisotopic (exact) mass is 376 g/mol. The molecule has 1 heterocycles. The van der Waals surface area contributed by atoms with Crippen molar-refractivity contribution in [2.45, 2.75) is 25.7 Å². The van der Waals surface area contributed by atoms with Crippen LogP contribution in [0.5, 0.6) is 0 Å². The van der Waals surface area contributed by atoms with Gasteiger partial charge in [0.05, 0.1) is 16.3 Å². The topological polar surface area (TPSA) is 72.2 Å². The number of aromatic nitrogens is 1. The molecule has 5 nitrogen and oxygen atoms in total. The lowest BCUT2D eigenvalue weighted by atomic mass is 10.0. The first-order valence-electron chi connectivity index (χ1n) is 7.60. The summed E-state index contributed by atoms with van der Waals surface area (Å²) < 4.78 is 32.8. The van der Waals surface area contributed by atoms with E-state index in [1.165, 1.54) is 0 Å². The molecule has 3 aromatic rings. The number of nitrogens with zero attached hydrogens (tertiary/aromatic N) is 1. The van der Waals surface area contributed by atoms with E-state index in [-0.39, 0.29) is 4.90 Å². The van der Waals surface area contributed by atoms with Crippen LogP contribution < -0.4 is 4.72 Å². The number of halogens is 1. The molecule has 0 atom stereocenters. The van der Waals surface area contributed by atoms with Gasteiger partial charge in [-0.2, -0.15) is 0 Å². The van der Waals surface area contributed by atoms with Crippen molar-refractivity contribution in [3.05, 3.63) is 64.5 Å². The molecule has 0 saturated carbocycles. The third kappa shape index (κ3) is 3.55. The van der Waals surface area contributed by atoms with E-state index in [9.17, 15) is 8.42 Å². The van der Waals surface area contributed by atoms with Crippen LogP contribution in [0.25, 0.3) is 11.1 Å². The SMILES string of the molecule is Cc1ccc(NS(=O)(=O)c2ccc(-c3c(C)noc3C)cc2)cc1Cl. The highest BCUT2D eigenvalue weighted by Crippen LogP contribution is 2.28. The van der Waals surface area contributed by atoms with Gasteiger partial charge in [-0.15, -0.1) is 0 Å². The average Bonchev–Trinajstić information content (AvgIpc) is 2.90. The Balaban J connectivity index is 1.89. The van der Waals surface area contributed by atoms with E-state index in [1.54, 1.807) is 42.5 Å². The first-order chi connectivity index (χ1) is 11.8. The Morgan fingerprint density at radius 2 is 1.72 bits per heavy atom. The summed E-state index contributed by atoms with van der Waals surface area (Å²) >= 11 is 6.05. The fraction of sp³-hybridized carbons (Fsp3) is 0.167. The van der Waals surface area contributed by atoms with Crippen LogP contribution in [0.2, 0.25) is 5.02 Å². The zero-order valence-electron chi connectivity index (χ0n) is 14.0. The summed E-state index contributed by atoms with van der Waals surface area (Å²) in [5.74, 6) is 0.695. The van der Waals surface area contributed by atoms with Gasteiger partial charge >= 0.3 is 0 Å². The predicted octanol–water partition coefficient (Wildman–Crippen LogP) is 4.72. The summed E-state index contributed by atoms with van der Waals surface area (Å²) in [7, 11) is -3.70. The van der Waals surface area contributed by atoms with Gasteiger partial charge in [-0.05, 0) is 56.2 Å². The van der Waals surface area contributed by atoms with E-state index < -0.39 is 10.0 Å². The average molecular weight is 377 g/mol. The third-order valence-electron chi connectivity index (χ3n) is 3.91. The lowest BCUT2D eigenvalue weighted by Crippen LogP contribution is -2.12. The number of sulfonamides is 1. The van der Waals surface area contributed by atoms with Gasteiger partial charge in [-0.25, -0.2) is 8.42 Å². The van der Waals surface area contributed by atoms with Crippen LogP contribution in [-0.4, -0.2) is 13.6 Å². The second-order valence-electron chi connectivity index (χ2n) is 5.79. The quantitative estimate of drug-likeness (QED) is 0.715. The fourth-order valence-electron chi connectivity index (χ4n) is 2.57. The molecule has 0 saturated heterocycles. The predicted molar refractivity (Wildman–Crippen MR) is 98.4 cm³/mol. The Morgan fingerprint density at radius 3 is 2.28 bits per heavy atom. The molecule has 0 amide bonds. The van der Waals surface area contributed by atoms with Gasteiger partial charge in [0.25, 0.3) is 10.0 Å². The molecule has 0 aliphatic carbocycles. The van der Waals surface area contributed by atoms with Crippen LogP contribution in [0.1, 0.15) is 17.0 Å². The second kappa shape index (κ2) is 6.54. The molecule has 0 radical (unpaired) electrons. The van der Waals surface area contributed by atoms with Gasteiger partial charge in [-0.1, -0.05) is 35.0 Å².